The Balaban J connectivity index is 2.67. The zero-order valence-electron chi connectivity index (χ0n) is 11.1. The molecule has 4 nitrogen and oxygen atoms in total. The topological polar surface area (TPSA) is 66.4 Å². The van der Waals surface area contributed by atoms with Crippen LogP contribution in [0.25, 0.3) is 0 Å². The average molecular weight is 321 g/mol. The molecule has 0 aromatic heterocycles. The first-order valence-electron chi connectivity index (χ1n) is 5.94. The van der Waals surface area contributed by atoms with Crippen LogP contribution in [0.1, 0.15) is 18.1 Å². The summed E-state index contributed by atoms with van der Waals surface area (Å²) in [5, 5.41) is 11.1. The Morgan fingerprint density at radius 3 is 2.48 bits per heavy atom. The van der Waals surface area contributed by atoms with Gasteiger partial charge in [0.2, 0.25) is 5.91 Å². The lowest BCUT2D eigenvalue weighted by molar-refractivity contribution is -0.140. The molecule has 21 heavy (non-hydrogen) atoms. The van der Waals surface area contributed by atoms with Gasteiger partial charge in [0.05, 0.1) is 5.56 Å². The smallest absolute Gasteiger partial charge is 0.416 e. The average Bonchev–Trinajstić information content (AvgIpc) is 2.36. The third-order valence-corrected chi connectivity index (χ3v) is 3.62. The standard InChI is InChI=1S/C13H14F3NO3S/c1-8(18)17-11(12(19)20)7-21-6-9-4-2-3-5-10(9)13(14,15)16/h2-5,11H,6-7H2,1H3,(H,17,18)(H,19,20)/t11-/m0/s1. The summed E-state index contributed by atoms with van der Waals surface area (Å²) < 4.78 is 38.3. The Morgan fingerprint density at radius 1 is 1.33 bits per heavy atom. The minimum Gasteiger partial charge on any atom is -0.480 e. The van der Waals surface area contributed by atoms with Gasteiger partial charge in [-0.3, -0.25) is 4.79 Å². The molecule has 2 N–H and O–H groups in total. The van der Waals surface area contributed by atoms with Crippen LogP contribution in [0.2, 0.25) is 0 Å². The van der Waals surface area contributed by atoms with Gasteiger partial charge in [0, 0.05) is 18.4 Å². The molecule has 1 amide bonds. The molecule has 0 spiro atoms. The predicted molar refractivity (Wildman–Crippen MR) is 72.8 cm³/mol. The van der Waals surface area contributed by atoms with E-state index >= 15 is 0 Å². The van der Waals surface area contributed by atoms with Gasteiger partial charge in [-0.15, -0.1) is 0 Å². The van der Waals surface area contributed by atoms with Crippen LogP contribution >= 0.6 is 11.8 Å². The number of thioether (sulfide) groups is 1. The minimum absolute atomic E-state index is 0.0128. The number of carboxylic acid groups (broad SMARTS) is 1. The molecule has 0 unspecified atom stereocenters. The molecule has 0 aliphatic rings. The van der Waals surface area contributed by atoms with Gasteiger partial charge in [0.25, 0.3) is 0 Å². The molecule has 0 saturated heterocycles. The van der Waals surface area contributed by atoms with E-state index in [0.717, 1.165) is 17.8 Å². The summed E-state index contributed by atoms with van der Waals surface area (Å²) in [6.07, 6.45) is -4.44. The molecule has 0 fully saturated rings. The predicted octanol–water partition coefficient (Wildman–Crippen LogP) is 2.53. The third kappa shape index (κ3) is 5.66. The molecule has 0 heterocycles. The zero-order valence-corrected chi connectivity index (χ0v) is 11.9. The largest absolute Gasteiger partial charge is 0.480 e. The number of rotatable bonds is 6. The molecule has 0 saturated carbocycles. The van der Waals surface area contributed by atoms with Gasteiger partial charge < -0.3 is 10.4 Å². The van der Waals surface area contributed by atoms with Crippen LogP contribution in [0.4, 0.5) is 13.2 Å². The molecular formula is C13H14F3NO3S. The molecule has 8 heteroatoms. The van der Waals surface area contributed by atoms with Crippen LogP contribution in [0, 0.1) is 0 Å². The molecular weight excluding hydrogens is 307 g/mol. The summed E-state index contributed by atoms with van der Waals surface area (Å²) in [4.78, 5) is 21.7. The quantitative estimate of drug-likeness (QED) is 0.845. The van der Waals surface area contributed by atoms with Crippen molar-refractivity contribution in [1.82, 2.24) is 5.32 Å². The normalized spacial score (nSPS) is 12.8. The summed E-state index contributed by atoms with van der Waals surface area (Å²) in [5.74, 6) is -1.72. The molecule has 1 aromatic rings. The number of benzene rings is 1. The van der Waals surface area contributed by atoms with Gasteiger partial charge in [-0.1, -0.05) is 18.2 Å². The number of hydrogen-bond acceptors (Lipinski definition) is 3. The Bertz CT molecular complexity index is 520. The van der Waals surface area contributed by atoms with E-state index in [2.05, 4.69) is 5.32 Å². The SMILES string of the molecule is CC(=O)N[C@@H](CSCc1ccccc1C(F)(F)F)C(=O)O. The fourth-order valence-electron chi connectivity index (χ4n) is 1.63. The van der Waals surface area contributed by atoms with Gasteiger partial charge in [0.15, 0.2) is 0 Å². The Kier molecular flexibility index (Phi) is 6.07. The summed E-state index contributed by atoms with van der Waals surface area (Å²) in [6.45, 7) is 1.18. The molecule has 0 bridgehead atoms. The van der Waals surface area contributed by atoms with Crippen LogP contribution < -0.4 is 5.32 Å². The van der Waals surface area contributed by atoms with Crippen molar-refractivity contribution in [3.05, 3.63) is 35.4 Å². The Hall–Kier alpha value is -1.70. The van der Waals surface area contributed by atoms with Crippen LogP contribution in [-0.2, 0) is 21.5 Å². The number of carboxylic acids is 1. The van der Waals surface area contributed by atoms with Crippen LogP contribution in [-0.4, -0.2) is 28.8 Å². The summed E-state index contributed by atoms with van der Waals surface area (Å²) in [6, 6.07) is 4.01. The Morgan fingerprint density at radius 2 is 1.95 bits per heavy atom. The number of amides is 1. The van der Waals surface area contributed by atoms with Crippen molar-refractivity contribution in [1.29, 1.82) is 0 Å². The van der Waals surface area contributed by atoms with Crippen molar-refractivity contribution in [2.45, 2.75) is 24.9 Å². The number of aliphatic carboxylic acids is 1. The zero-order chi connectivity index (χ0) is 16.0. The maximum atomic E-state index is 12.8. The fraction of sp³-hybridized carbons (Fsp3) is 0.385. The second kappa shape index (κ2) is 7.35. The highest BCUT2D eigenvalue weighted by molar-refractivity contribution is 7.98. The summed E-state index contributed by atoms with van der Waals surface area (Å²) >= 11 is 1.02. The van der Waals surface area contributed by atoms with Crippen LogP contribution in [0.15, 0.2) is 24.3 Å². The molecule has 0 aliphatic carbocycles. The number of hydrogen-bond donors (Lipinski definition) is 2. The highest BCUT2D eigenvalue weighted by atomic mass is 32.2. The first-order valence-corrected chi connectivity index (χ1v) is 7.10. The maximum Gasteiger partial charge on any atom is 0.416 e. The lowest BCUT2D eigenvalue weighted by atomic mass is 10.1. The second-order valence-electron chi connectivity index (χ2n) is 4.26. The Labute approximate surface area is 123 Å². The second-order valence-corrected chi connectivity index (χ2v) is 5.29. The van der Waals surface area contributed by atoms with E-state index in [1.165, 1.54) is 25.1 Å². The minimum atomic E-state index is -4.44. The lowest BCUT2D eigenvalue weighted by Gasteiger charge is -2.15. The summed E-state index contributed by atoms with van der Waals surface area (Å²) in [7, 11) is 0. The van der Waals surface area contributed by atoms with Gasteiger partial charge in [0.1, 0.15) is 6.04 Å². The molecule has 1 aromatic carbocycles. The van der Waals surface area contributed by atoms with Crippen molar-refractivity contribution >= 4 is 23.6 Å². The highest BCUT2D eigenvalue weighted by Gasteiger charge is 2.32. The van der Waals surface area contributed by atoms with E-state index < -0.39 is 29.7 Å². The maximum absolute atomic E-state index is 12.8. The molecule has 1 rings (SSSR count). The van der Waals surface area contributed by atoms with Gasteiger partial charge >= 0.3 is 12.1 Å². The molecule has 116 valence electrons. The lowest BCUT2D eigenvalue weighted by Crippen LogP contribution is -2.41. The van der Waals surface area contributed by atoms with Gasteiger partial charge in [-0.25, -0.2) is 4.79 Å². The van der Waals surface area contributed by atoms with Crippen LogP contribution in [0.5, 0.6) is 0 Å². The van der Waals surface area contributed by atoms with E-state index in [-0.39, 0.29) is 17.1 Å². The number of halogens is 3. The van der Waals surface area contributed by atoms with Gasteiger partial charge in [-0.05, 0) is 11.6 Å². The van der Waals surface area contributed by atoms with Crippen molar-refractivity contribution in [3.63, 3.8) is 0 Å². The van der Waals surface area contributed by atoms with E-state index in [9.17, 15) is 22.8 Å². The van der Waals surface area contributed by atoms with Crippen molar-refractivity contribution < 1.29 is 27.9 Å². The molecule has 0 radical (unpaired) electrons. The van der Waals surface area contributed by atoms with Crippen molar-refractivity contribution in [2.75, 3.05) is 5.75 Å². The van der Waals surface area contributed by atoms with Gasteiger partial charge in [-0.2, -0.15) is 24.9 Å². The molecule has 1 atom stereocenters. The van der Waals surface area contributed by atoms with E-state index in [0.29, 0.717) is 0 Å². The first-order chi connectivity index (χ1) is 9.71. The number of carbonyl (C=O) groups is 2. The fourth-order valence-corrected chi connectivity index (χ4v) is 2.68. The van der Waals surface area contributed by atoms with E-state index in [4.69, 9.17) is 5.11 Å². The first kappa shape index (κ1) is 17.4. The monoisotopic (exact) mass is 321 g/mol. The van der Waals surface area contributed by atoms with Crippen LogP contribution in [0.3, 0.4) is 0 Å². The molecule has 0 aliphatic heterocycles. The summed E-state index contributed by atoms with van der Waals surface area (Å²) in [5.41, 5.74) is -0.647. The number of nitrogens with one attached hydrogen (secondary N) is 1. The van der Waals surface area contributed by atoms with E-state index in [1.807, 2.05) is 0 Å². The number of carbonyl (C=O) groups excluding carboxylic acids is 1. The highest BCUT2D eigenvalue weighted by Crippen LogP contribution is 2.33. The number of alkyl halides is 3. The third-order valence-electron chi connectivity index (χ3n) is 2.54. The van der Waals surface area contributed by atoms with E-state index in [1.54, 1.807) is 0 Å². The van der Waals surface area contributed by atoms with Crippen molar-refractivity contribution in [3.8, 4) is 0 Å². The van der Waals surface area contributed by atoms with Crippen molar-refractivity contribution in [2.24, 2.45) is 0 Å².